The zero-order chi connectivity index (χ0) is 13.8. The summed E-state index contributed by atoms with van der Waals surface area (Å²) in [5, 5.41) is 11.4. The highest BCUT2D eigenvalue weighted by molar-refractivity contribution is 5.98. The molecule has 0 aliphatic carbocycles. The Morgan fingerprint density at radius 1 is 1.42 bits per heavy atom. The largest absolute Gasteiger partial charge is 0.439 e. The molecule has 0 spiro atoms. The van der Waals surface area contributed by atoms with E-state index in [2.05, 4.69) is 11.9 Å². The van der Waals surface area contributed by atoms with Crippen LogP contribution in [0.5, 0.6) is 0 Å². The van der Waals surface area contributed by atoms with Crippen molar-refractivity contribution in [1.29, 1.82) is 5.26 Å². The lowest BCUT2D eigenvalue weighted by Gasteiger charge is -1.98. The van der Waals surface area contributed by atoms with E-state index in [0.29, 0.717) is 11.3 Å². The van der Waals surface area contributed by atoms with Gasteiger partial charge in [0, 0.05) is 11.6 Å². The van der Waals surface area contributed by atoms with Crippen molar-refractivity contribution >= 4 is 11.8 Å². The molecule has 4 nitrogen and oxygen atoms in total. The molecule has 0 aliphatic heterocycles. The maximum absolute atomic E-state index is 12.8. The van der Waals surface area contributed by atoms with E-state index in [0.717, 1.165) is 6.08 Å². The summed E-state index contributed by atoms with van der Waals surface area (Å²) in [5.41, 5.74) is 0.798. The smallest absolute Gasteiger partial charge is 0.250 e. The second kappa shape index (κ2) is 5.19. The van der Waals surface area contributed by atoms with Gasteiger partial charge in [0.1, 0.15) is 23.2 Å². The minimum Gasteiger partial charge on any atom is -0.439 e. The maximum Gasteiger partial charge on any atom is 0.250 e. The Morgan fingerprint density at radius 2 is 2.11 bits per heavy atom. The number of nitrogens with one attached hydrogen (secondary N) is 1. The monoisotopic (exact) mass is 256 g/mol. The van der Waals surface area contributed by atoms with Gasteiger partial charge in [-0.05, 0) is 30.3 Å². The number of furan rings is 1. The summed E-state index contributed by atoms with van der Waals surface area (Å²) in [6.45, 7) is 3.31. The van der Waals surface area contributed by atoms with Gasteiger partial charge >= 0.3 is 0 Å². The van der Waals surface area contributed by atoms with E-state index in [9.17, 15) is 9.18 Å². The van der Waals surface area contributed by atoms with Crippen molar-refractivity contribution in [2.45, 2.75) is 0 Å². The second-order valence-electron chi connectivity index (χ2n) is 3.67. The molecule has 0 radical (unpaired) electrons. The number of carbonyl (C=O) groups is 1. The first-order valence-corrected chi connectivity index (χ1v) is 5.37. The molecule has 0 atom stereocenters. The Kier molecular flexibility index (Phi) is 3.44. The van der Waals surface area contributed by atoms with Gasteiger partial charge in [0.15, 0.2) is 0 Å². The number of benzene rings is 1. The van der Waals surface area contributed by atoms with E-state index in [-0.39, 0.29) is 17.3 Å². The molecule has 2 rings (SSSR count). The molecule has 0 saturated carbocycles. The van der Waals surface area contributed by atoms with Crippen LogP contribution >= 0.6 is 0 Å². The lowest BCUT2D eigenvalue weighted by molar-refractivity contribution is -0.112. The molecule has 0 unspecified atom stereocenters. The SMILES string of the molecule is C=CC(=O)Nc1oc(-c2ccc(F)cc2)cc1C#N. The average molecular weight is 256 g/mol. The highest BCUT2D eigenvalue weighted by Gasteiger charge is 2.13. The van der Waals surface area contributed by atoms with E-state index >= 15 is 0 Å². The topological polar surface area (TPSA) is 66.0 Å². The number of nitriles is 1. The van der Waals surface area contributed by atoms with Crippen LogP contribution in [-0.2, 0) is 4.79 Å². The minimum atomic E-state index is -0.475. The van der Waals surface area contributed by atoms with Crippen LogP contribution in [0, 0.1) is 17.1 Å². The third-order valence-electron chi connectivity index (χ3n) is 2.40. The lowest BCUT2D eigenvalue weighted by atomic mass is 10.1. The fourth-order valence-corrected chi connectivity index (χ4v) is 1.49. The van der Waals surface area contributed by atoms with E-state index < -0.39 is 5.91 Å². The van der Waals surface area contributed by atoms with E-state index in [1.807, 2.05) is 6.07 Å². The van der Waals surface area contributed by atoms with Crippen LogP contribution in [0.4, 0.5) is 10.3 Å². The molecule has 0 fully saturated rings. The summed E-state index contributed by atoms with van der Waals surface area (Å²) in [6, 6.07) is 9.00. The maximum atomic E-state index is 12.8. The summed E-state index contributed by atoms with van der Waals surface area (Å²) >= 11 is 0. The fraction of sp³-hybridized carbons (Fsp3) is 0. The second-order valence-corrected chi connectivity index (χ2v) is 3.67. The molecule has 2 aromatic rings. The molecular formula is C14H9FN2O2. The Hall–Kier alpha value is -2.87. The number of amides is 1. The molecule has 1 heterocycles. The van der Waals surface area contributed by atoms with Gasteiger partial charge in [-0.1, -0.05) is 6.58 Å². The van der Waals surface area contributed by atoms with E-state index in [1.165, 1.54) is 30.3 Å². The standard InChI is InChI=1S/C14H9FN2O2/c1-2-13(18)17-14-10(8-16)7-12(19-14)9-3-5-11(15)6-4-9/h2-7H,1H2,(H,17,18). The third-order valence-corrected chi connectivity index (χ3v) is 2.40. The quantitative estimate of drug-likeness (QED) is 0.858. The highest BCUT2D eigenvalue weighted by atomic mass is 19.1. The number of carbonyl (C=O) groups excluding carboxylic acids is 1. The Bertz CT molecular complexity index is 666. The Labute approximate surface area is 108 Å². The van der Waals surface area contributed by atoms with Crippen LogP contribution in [0.2, 0.25) is 0 Å². The van der Waals surface area contributed by atoms with Crippen molar-refractivity contribution in [3.05, 3.63) is 54.4 Å². The molecule has 1 N–H and O–H groups in total. The van der Waals surface area contributed by atoms with Crippen molar-refractivity contribution < 1.29 is 13.6 Å². The van der Waals surface area contributed by atoms with Gasteiger partial charge in [-0.2, -0.15) is 5.26 Å². The van der Waals surface area contributed by atoms with Gasteiger partial charge < -0.3 is 4.42 Å². The van der Waals surface area contributed by atoms with Crippen LogP contribution in [0.3, 0.4) is 0 Å². The van der Waals surface area contributed by atoms with Crippen molar-refractivity contribution in [3.8, 4) is 17.4 Å². The van der Waals surface area contributed by atoms with Crippen molar-refractivity contribution in [1.82, 2.24) is 0 Å². The summed E-state index contributed by atoms with van der Waals surface area (Å²) in [6.07, 6.45) is 1.07. The molecule has 1 amide bonds. The summed E-state index contributed by atoms with van der Waals surface area (Å²) in [4.78, 5) is 11.2. The van der Waals surface area contributed by atoms with Gasteiger partial charge in [0.25, 0.3) is 0 Å². The zero-order valence-electron chi connectivity index (χ0n) is 9.81. The van der Waals surface area contributed by atoms with Crippen LogP contribution in [0.1, 0.15) is 5.56 Å². The van der Waals surface area contributed by atoms with Gasteiger partial charge in [0.05, 0.1) is 0 Å². The molecule has 0 saturated heterocycles. The number of nitrogens with zero attached hydrogens (tertiary/aromatic N) is 1. The van der Waals surface area contributed by atoms with Gasteiger partial charge in [-0.3, -0.25) is 10.1 Å². The molecule has 5 heteroatoms. The summed E-state index contributed by atoms with van der Waals surface area (Å²) in [5.74, 6) is -0.421. The van der Waals surface area contributed by atoms with Crippen molar-refractivity contribution in [3.63, 3.8) is 0 Å². The van der Waals surface area contributed by atoms with Crippen LogP contribution < -0.4 is 5.32 Å². The van der Waals surface area contributed by atoms with Gasteiger partial charge in [-0.25, -0.2) is 4.39 Å². The van der Waals surface area contributed by atoms with Crippen molar-refractivity contribution in [2.75, 3.05) is 5.32 Å². The summed E-state index contributed by atoms with van der Waals surface area (Å²) in [7, 11) is 0. The minimum absolute atomic E-state index is 0.0479. The normalized spacial score (nSPS) is 9.68. The number of halogens is 1. The van der Waals surface area contributed by atoms with E-state index in [1.54, 1.807) is 0 Å². The van der Waals surface area contributed by atoms with Crippen LogP contribution in [0.15, 0.2) is 47.4 Å². The number of rotatable bonds is 3. The molecule has 0 aliphatic rings. The molecule has 94 valence electrons. The lowest BCUT2D eigenvalue weighted by Crippen LogP contribution is -2.07. The number of hydrogen-bond acceptors (Lipinski definition) is 3. The molecule has 1 aromatic heterocycles. The van der Waals surface area contributed by atoms with Crippen LogP contribution in [-0.4, -0.2) is 5.91 Å². The van der Waals surface area contributed by atoms with Gasteiger partial charge in [-0.15, -0.1) is 0 Å². The van der Waals surface area contributed by atoms with Crippen LogP contribution in [0.25, 0.3) is 11.3 Å². The first kappa shape index (κ1) is 12.6. The van der Waals surface area contributed by atoms with E-state index in [4.69, 9.17) is 9.68 Å². The molecule has 1 aromatic carbocycles. The predicted octanol–water partition coefficient (Wildman–Crippen LogP) is 3.08. The third kappa shape index (κ3) is 2.69. The van der Waals surface area contributed by atoms with Crippen molar-refractivity contribution in [2.24, 2.45) is 0 Å². The highest BCUT2D eigenvalue weighted by Crippen LogP contribution is 2.28. The predicted molar refractivity (Wildman–Crippen MR) is 67.6 cm³/mol. The number of anilines is 1. The molecule has 19 heavy (non-hydrogen) atoms. The number of hydrogen-bond donors (Lipinski definition) is 1. The Morgan fingerprint density at radius 3 is 2.68 bits per heavy atom. The average Bonchev–Trinajstić information content (AvgIpc) is 2.82. The van der Waals surface area contributed by atoms with Gasteiger partial charge in [0.2, 0.25) is 11.8 Å². The fourth-order valence-electron chi connectivity index (χ4n) is 1.49. The molecular weight excluding hydrogens is 247 g/mol. The first-order valence-electron chi connectivity index (χ1n) is 5.37. The zero-order valence-corrected chi connectivity index (χ0v) is 9.81. The first-order chi connectivity index (χ1) is 9.13. The summed E-state index contributed by atoms with van der Waals surface area (Å²) < 4.78 is 18.2. The Balaban J connectivity index is 2.38. The molecule has 0 bridgehead atoms.